The highest BCUT2D eigenvalue weighted by molar-refractivity contribution is 7.15. The molecule has 2 amide bonds. The second-order valence-electron chi connectivity index (χ2n) is 7.31. The number of methoxy groups -OCH3 is 1. The Labute approximate surface area is 194 Å². The summed E-state index contributed by atoms with van der Waals surface area (Å²) < 4.78 is 11.0. The van der Waals surface area contributed by atoms with Crippen molar-refractivity contribution in [3.8, 4) is 11.5 Å². The molecule has 4 rings (SSSR count). The first-order valence-electron chi connectivity index (χ1n) is 9.89. The van der Waals surface area contributed by atoms with Gasteiger partial charge in [0.15, 0.2) is 5.01 Å². The lowest BCUT2D eigenvalue weighted by Gasteiger charge is -2.20. The van der Waals surface area contributed by atoms with Gasteiger partial charge < -0.3 is 19.7 Å². The molecule has 1 atom stereocenters. The summed E-state index contributed by atoms with van der Waals surface area (Å²) in [5, 5.41) is 12.4. The molecular formula is C22H21ClN4O4S. The van der Waals surface area contributed by atoms with Gasteiger partial charge in [-0.3, -0.25) is 9.59 Å². The van der Waals surface area contributed by atoms with Gasteiger partial charge in [0, 0.05) is 18.0 Å². The number of carbonyl (C=O) groups is 2. The van der Waals surface area contributed by atoms with Gasteiger partial charge >= 0.3 is 0 Å². The van der Waals surface area contributed by atoms with Gasteiger partial charge in [0.25, 0.3) is 0 Å². The van der Waals surface area contributed by atoms with E-state index in [0.29, 0.717) is 32.3 Å². The minimum absolute atomic E-state index is 0.119. The van der Waals surface area contributed by atoms with Gasteiger partial charge in [-0.1, -0.05) is 29.0 Å². The lowest BCUT2D eigenvalue weighted by molar-refractivity contribution is -0.122. The first-order chi connectivity index (χ1) is 15.4. The number of amides is 2. The molecule has 3 aromatic rings. The molecule has 10 heteroatoms. The Morgan fingerprint density at radius 1 is 1.25 bits per heavy atom. The fourth-order valence-electron chi connectivity index (χ4n) is 3.37. The zero-order valence-corrected chi connectivity index (χ0v) is 19.1. The SMILES string of the molecule is COc1ccc(C)cc1N1CC(C(=O)Nc2nnc(COc3ccc(Cl)cc3)s2)CC1=O. The molecule has 1 aliphatic rings. The van der Waals surface area contributed by atoms with Crippen molar-refractivity contribution in [1.82, 2.24) is 10.2 Å². The molecule has 1 fully saturated rings. The van der Waals surface area contributed by atoms with Crippen LogP contribution in [0.25, 0.3) is 0 Å². The number of aryl methyl sites for hydroxylation is 1. The van der Waals surface area contributed by atoms with Gasteiger partial charge in [-0.25, -0.2) is 0 Å². The first-order valence-corrected chi connectivity index (χ1v) is 11.1. The van der Waals surface area contributed by atoms with Gasteiger partial charge in [-0.05, 0) is 48.9 Å². The van der Waals surface area contributed by atoms with Crippen molar-refractivity contribution in [3.63, 3.8) is 0 Å². The number of rotatable bonds is 7. The Morgan fingerprint density at radius 2 is 2.03 bits per heavy atom. The third-order valence-electron chi connectivity index (χ3n) is 4.99. The third kappa shape index (κ3) is 5.00. The average molecular weight is 473 g/mol. The van der Waals surface area contributed by atoms with Crippen LogP contribution in [0.15, 0.2) is 42.5 Å². The maximum absolute atomic E-state index is 12.8. The van der Waals surface area contributed by atoms with Crippen LogP contribution in [-0.2, 0) is 16.2 Å². The van der Waals surface area contributed by atoms with Crippen molar-refractivity contribution in [2.75, 3.05) is 23.9 Å². The monoisotopic (exact) mass is 472 g/mol. The fraction of sp³-hybridized carbons (Fsp3) is 0.273. The predicted molar refractivity (Wildman–Crippen MR) is 123 cm³/mol. The Kier molecular flexibility index (Phi) is 6.57. The van der Waals surface area contributed by atoms with Gasteiger partial charge in [0.05, 0.1) is 18.7 Å². The molecule has 1 saturated heterocycles. The number of aromatic nitrogens is 2. The minimum Gasteiger partial charge on any atom is -0.495 e. The van der Waals surface area contributed by atoms with E-state index >= 15 is 0 Å². The normalized spacial score (nSPS) is 15.7. The molecule has 1 N–H and O–H groups in total. The summed E-state index contributed by atoms with van der Waals surface area (Å²) in [7, 11) is 1.56. The van der Waals surface area contributed by atoms with E-state index in [1.807, 2.05) is 25.1 Å². The van der Waals surface area contributed by atoms with Crippen LogP contribution >= 0.6 is 22.9 Å². The van der Waals surface area contributed by atoms with E-state index in [1.54, 1.807) is 36.3 Å². The summed E-state index contributed by atoms with van der Waals surface area (Å²) in [4.78, 5) is 27.0. The van der Waals surface area contributed by atoms with Crippen LogP contribution in [0.3, 0.4) is 0 Å². The summed E-state index contributed by atoms with van der Waals surface area (Å²) in [5.41, 5.74) is 1.68. The van der Waals surface area contributed by atoms with E-state index in [4.69, 9.17) is 21.1 Å². The topological polar surface area (TPSA) is 93.7 Å². The van der Waals surface area contributed by atoms with Crippen molar-refractivity contribution in [1.29, 1.82) is 0 Å². The van der Waals surface area contributed by atoms with Crippen LogP contribution in [0.2, 0.25) is 5.02 Å². The number of nitrogens with zero attached hydrogens (tertiary/aromatic N) is 3. The fourth-order valence-corrected chi connectivity index (χ4v) is 4.15. The van der Waals surface area contributed by atoms with Crippen LogP contribution < -0.4 is 19.7 Å². The summed E-state index contributed by atoms with van der Waals surface area (Å²) >= 11 is 7.09. The largest absolute Gasteiger partial charge is 0.495 e. The quantitative estimate of drug-likeness (QED) is 0.557. The van der Waals surface area contributed by atoms with Gasteiger partial charge in [0.1, 0.15) is 18.1 Å². The number of carbonyl (C=O) groups excluding carboxylic acids is 2. The third-order valence-corrected chi connectivity index (χ3v) is 6.06. The van der Waals surface area contributed by atoms with Crippen molar-refractivity contribution in [3.05, 3.63) is 58.1 Å². The minimum atomic E-state index is -0.495. The van der Waals surface area contributed by atoms with Crippen molar-refractivity contribution in [2.24, 2.45) is 5.92 Å². The lowest BCUT2D eigenvalue weighted by atomic mass is 10.1. The van der Waals surface area contributed by atoms with Gasteiger partial charge in [-0.2, -0.15) is 0 Å². The molecule has 0 radical (unpaired) electrons. The Bertz CT molecular complexity index is 1140. The molecule has 166 valence electrons. The van der Waals surface area contributed by atoms with E-state index in [1.165, 1.54) is 11.3 Å². The Balaban J connectivity index is 1.36. The number of nitrogens with one attached hydrogen (secondary N) is 1. The maximum atomic E-state index is 12.8. The van der Waals surface area contributed by atoms with Crippen LogP contribution in [0, 0.1) is 12.8 Å². The molecule has 8 nitrogen and oxygen atoms in total. The molecule has 32 heavy (non-hydrogen) atoms. The van der Waals surface area contributed by atoms with E-state index in [-0.39, 0.29) is 31.4 Å². The summed E-state index contributed by atoms with van der Waals surface area (Å²) in [6, 6.07) is 12.6. The smallest absolute Gasteiger partial charge is 0.231 e. The summed E-state index contributed by atoms with van der Waals surface area (Å²) in [6.07, 6.45) is 0.119. The number of benzene rings is 2. The van der Waals surface area contributed by atoms with E-state index < -0.39 is 5.92 Å². The highest BCUT2D eigenvalue weighted by atomic mass is 35.5. The zero-order chi connectivity index (χ0) is 22.7. The van der Waals surface area contributed by atoms with E-state index in [0.717, 1.165) is 5.56 Å². The molecule has 0 spiro atoms. The number of anilines is 2. The molecule has 2 aromatic carbocycles. The van der Waals surface area contributed by atoms with Crippen molar-refractivity contribution in [2.45, 2.75) is 20.0 Å². The first kappa shape index (κ1) is 22.0. The second kappa shape index (κ2) is 9.54. The molecule has 0 aliphatic carbocycles. The number of ether oxygens (including phenoxy) is 2. The van der Waals surface area contributed by atoms with Crippen LogP contribution in [0.5, 0.6) is 11.5 Å². The highest BCUT2D eigenvalue weighted by Gasteiger charge is 2.36. The summed E-state index contributed by atoms with van der Waals surface area (Å²) in [6.45, 7) is 2.44. The predicted octanol–water partition coefficient (Wildman–Crippen LogP) is 4.08. The van der Waals surface area contributed by atoms with Gasteiger partial charge in [0.2, 0.25) is 16.9 Å². The molecule has 2 heterocycles. The van der Waals surface area contributed by atoms with E-state index in [2.05, 4.69) is 15.5 Å². The number of hydrogen-bond donors (Lipinski definition) is 1. The standard InChI is InChI=1S/C22H21ClN4O4S/c1-13-3-8-18(30-2)17(9-13)27-11-14(10-20(27)28)21(29)24-22-26-25-19(32-22)12-31-16-6-4-15(23)5-7-16/h3-9,14H,10-12H2,1-2H3,(H,24,26,29). The lowest BCUT2D eigenvalue weighted by Crippen LogP contribution is -2.28. The molecule has 1 aromatic heterocycles. The molecule has 0 saturated carbocycles. The maximum Gasteiger partial charge on any atom is 0.231 e. The molecule has 1 unspecified atom stereocenters. The van der Waals surface area contributed by atoms with Crippen molar-refractivity contribution >= 4 is 45.6 Å². The van der Waals surface area contributed by atoms with Crippen molar-refractivity contribution < 1.29 is 19.1 Å². The van der Waals surface area contributed by atoms with E-state index in [9.17, 15) is 9.59 Å². The Hall–Kier alpha value is -3.17. The summed E-state index contributed by atoms with van der Waals surface area (Å²) in [5.74, 6) is 0.369. The molecule has 1 aliphatic heterocycles. The second-order valence-corrected chi connectivity index (χ2v) is 8.81. The molecule has 0 bridgehead atoms. The van der Waals surface area contributed by atoms with Crippen LogP contribution in [-0.4, -0.2) is 35.7 Å². The highest BCUT2D eigenvalue weighted by Crippen LogP contribution is 2.34. The zero-order valence-electron chi connectivity index (χ0n) is 17.5. The number of hydrogen-bond acceptors (Lipinski definition) is 7. The Morgan fingerprint density at radius 3 is 2.78 bits per heavy atom. The van der Waals surface area contributed by atoms with Crippen LogP contribution in [0.1, 0.15) is 17.0 Å². The van der Waals surface area contributed by atoms with Gasteiger partial charge in [-0.15, -0.1) is 10.2 Å². The van der Waals surface area contributed by atoms with Crippen LogP contribution in [0.4, 0.5) is 10.8 Å². The number of halogens is 1. The molecular weight excluding hydrogens is 452 g/mol. The average Bonchev–Trinajstić information content (AvgIpc) is 3.39.